The molecule has 0 aliphatic carbocycles. The van der Waals surface area contributed by atoms with Gasteiger partial charge in [0.2, 0.25) is 0 Å². The van der Waals surface area contributed by atoms with Crippen molar-refractivity contribution in [2.75, 3.05) is 20.2 Å². The Morgan fingerprint density at radius 2 is 1.97 bits per heavy atom. The predicted molar refractivity (Wildman–Crippen MR) is 113 cm³/mol. The molecule has 2 aromatic carbocycles. The number of halogens is 1. The van der Waals surface area contributed by atoms with Crippen LogP contribution in [0.15, 0.2) is 53.7 Å². The van der Waals surface area contributed by atoms with Crippen LogP contribution in [0, 0.1) is 5.82 Å². The number of benzene rings is 2. The number of aromatic amines is 1. The van der Waals surface area contributed by atoms with E-state index in [-0.39, 0.29) is 11.8 Å². The van der Waals surface area contributed by atoms with Crippen LogP contribution in [0.2, 0.25) is 0 Å². The van der Waals surface area contributed by atoms with Gasteiger partial charge in [0.05, 0.1) is 19.2 Å². The fourth-order valence-corrected chi connectivity index (χ4v) is 3.05. The SMILES string of the molecule is CCNC(=NCc1ccc(C(=O)OC)cc1)NCCc1c[nH]c2ccc(F)cc12. The Morgan fingerprint density at radius 1 is 1.17 bits per heavy atom. The Hall–Kier alpha value is -3.35. The summed E-state index contributed by atoms with van der Waals surface area (Å²) in [5, 5.41) is 7.42. The molecule has 0 spiro atoms. The fraction of sp³-hybridized carbons (Fsp3) is 0.273. The van der Waals surface area contributed by atoms with Crippen LogP contribution in [-0.4, -0.2) is 37.1 Å². The zero-order valence-electron chi connectivity index (χ0n) is 16.6. The molecule has 0 saturated carbocycles. The zero-order chi connectivity index (χ0) is 20.6. The van der Waals surface area contributed by atoms with E-state index in [1.807, 2.05) is 25.3 Å². The molecule has 3 aromatic rings. The number of carbonyl (C=O) groups is 1. The van der Waals surface area contributed by atoms with Gasteiger partial charge in [-0.3, -0.25) is 0 Å². The molecular weight excluding hydrogens is 371 g/mol. The molecule has 152 valence electrons. The number of H-pyrrole nitrogens is 1. The summed E-state index contributed by atoms with van der Waals surface area (Å²) in [4.78, 5) is 19.3. The van der Waals surface area contributed by atoms with E-state index in [0.29, 0.717) is 24.6 Å². The Bertz CT molecular complexity index is 996. The van der Waals surface area contributed by atoms with E-state index in [4.69, 9.17) is 4.74 Å². The van der Waals surface area contributed by atoms with Gasteiger partial charge in [0, 0.05) is 30.2 Å². The number of nitrogens with one attached hydrogen (secondary N) is 3. The number of esters is 1. The normalized spacial score (nSPS) is 11.5. The number of ether oxygens (including phenoxy) is 1. The molecule has 29 heavy (non-hydrogen) atoms. The highest BCUT2D eigenvalue weighted by molar-refractivity contribution is 5.89. The van der Waals surface area contributed by atoms with Crippen LogP contribution in [0.25, 0.3) is 10.9 Å². The minimum absolute atomic E-state index is 0.237. The Balaban J connectivity index is 1.59. The summed E-state index contributed by atoms with van der Waals surface area (Å²) < 4.78 is 18.2. The number of rotatable bonds is 7. The van der Waals surface area contributed by atoms with Crippen LogP contribution in [0.4, 0.5) is 4.39 Å². The fourth-order valence-electron chi connectivity index (χ4n) is 3.05. The number of aromatic nitrogens is 1. The highest BCUT2D eigenvalue weighted by Crippen LogP contribution is 2.19. The summed E-state index contributed by atoms with van der Waals surface area (Å²) in [7, 11) is 1.36. The van der Waals surface area contributed by atoms with Gasteiger partial charge in [-0.05, 0) is 54.8 Å². The first-order valence-electron chi connectivity index (χ1n) is 9.55. The second-order valence-electron chi connectivity index (χ2n) is 6.56. The largest absolute Gasteiger partial charge is 0.465 e. The van der Waals surface area contributed by atoms with Gasteiger partial charge in [0.15, 0.2) is 5.96 Å². The van der Waals surface area contributed by atoms with Gasteiger partial charge in [-0.15, -0.1) is 0 Å². The van der Waals surface area contributed by atoms with Gasteiger partial charge in [-0.1, -0.05) is 12.1 Å². The Kier molecular flexibility index (Phi) is 6.84. The van der Waals surface area contributed by atoms with E-state index in [9.17, 15) is 9.18 Å². The average Bonchev–Trinajstić information content (AvgIpc) is 3.14. The molecule has 0 saturated heterocycles. The van der Waals surface area contributed by atoms with E-state index in [0.717, 1.165) is 35.0 Å². The zero-order valence-corrected chi connectivity index (χ0v) is 16.6. The summed E-state index contributed by atoms with van der Waals surface area (Å²) in [6.45, 7) is 3.89. The first-order chi connectivity index (χ1) is 14.1. The Morgan fingerprint density at radius 3 is 2.69 bits per heavy atom. The maximum Gasteiger partial charge on any atom is 0.337 e. The van der Waals surface area contributed by atoms with Crippen molar-refractivity contribution in [2.24, 2.45) is 4.99 Å². The van der Waals surface area contributed by atoms with Crippen molar-refractivity contribution in [1.29, 1.82) is 0 Å². The van der Waals surface area contributed by atoms with Crippen LogP contribution >= 0.6 is 0 Å². The highest BCUT2D eigenvalue weighted by atomic mass is 19.1. The molecule has 0 atom stereocenters. The molecule has 0 bridgehead atoms. The summed E-state index contributed by atoms with van der Waals surface area (Å²) in [6.07, 6.45) is 2.65. The topological polar surface area (TPSA) is 78.5 Å². The first-order valence-corrected chi connectivity index (χ1v) is 9.55. The van der Waals surface area contributed by atoms with Gasteiger partial charge in [0.1, 0.15) is 5.82 Å². The van der Waals surface area contributed by atoms with Gasteiger partial charge in [-0.25, -0.2) is 14.2 Å². The third-order valence-corrected chi connectivity index (χ3v) is 4.56. The van der Waals surface area contributed by atoms with Crippen molar-refractivity contribution in [3.05, 3.63) is 71.2 Å². The highest BCUT2D eigenvalue weighted by Gasteiger charge is 2.06. The van der Waals surface area contributed by atoms with E-state index in [2.05, 4.69) is 20.6 Å². The molecule has 3 N–H and O–H groups in total. The van der Waals surface area contributed by atoms with Crippen LogP contribution in [-0.2, 0) is 17.7 Å². The van der Waals surface area contributed by atoms with E-state index < -0.39 is 0 Å². The van der Waals surface area contributed by atoms with Gasteiger partial charge in [-0.2, -0.15) is 0 Å². The van der Waals surface area contributed by atoms with Gasteiger partial charge in [0.25, 0.3) is 0 Å². The standard InChI is InChI=1S/C22H25FN4O2/c1-3-24-22(27-13-15-4-6-16(7-5-15)21(28)29-2)25-11-10-17-14-26-20-9-8-18(23)12-19(17)20/h4-9,12,14,26H,3,10-11,13H2,1-2H3,(H2,24,25,27). The molecule has 0 aliphatic heterocycles. The molecule has 0 aliphatic rings. The second-order valence-corrected chi connectivity index (χ2v) is 6.56. The number of guanidine groups is 1. The lowest BCUT2D eigenvalue weighted by molar-refractivity contribution is 0.0600. The molecule has 1 heterocycles. The molecule has 0 amide bonds. The predicted octanol–water partition coefficient (Wildman–Crippen LogP) is 3.39. The van der Waals surface area contributed by atoms with E-state index >= 15 is 0 Å². The van der Waals surface area contributed by atoms with Crippen LogP contribution in [0.3, 0.4) is 0 Å². The van der Waals surface area contributed by atoms with Crippen LogP contribution < -0.4 is 10.6 Å². The number of hydrogen-bond acceptors (Lipinski definition) is 3. The number of fused-ring (bicyclic) bond motifs is 1. The summed E-state index contributed by atoms with van der Waals surface area (Å²) in [5.41, 5.74) is 3.49. The summed E-state index contributed by atoms with van der Waals surface area (Å²) in [5.74, 6) is 0.113. The lowest BCUT2D eigenvalue weighted by Gasteiger charge is -2.11. The third kappa shape index (κ3) is 5.34. The van der Waals surface area contributed by atoms with Crippen molar-refractivity contribution in [1.82, 2.24) is 15.6 Å². The molecule has 1 aromatic heterocycles. The van der Waals surface area contributed by atoms with Crippen molar-refractivity contribution in [2.45, 2.75) is 19.9 Å². The summed E-state index contributed by atoms with van der Waals surface area (Å²) >= 11 is 0. The van der Waals surface area contributed by atoms with Crippen molar-refractivity contribution in [3.63, 3.8) is 0 Å². The van der Waals surface area contributed by atoms with Crippen molar-refractivity contribution >= 4 is 22.8 Å². The van der Waals surface area contributed by atoms with E-state index in [1.165, 1.54) is 13.2 Å². The molecular formula is C22H25FN4O2. The van der Waals surface area contributed by atoms with Crippen LogP contribution in [0.5, 0.6) is 0 Å². The van der Waals surface area contributed by atoms with Crippen molar-refractivity contribution < 1.29 is 13.9 Å². The lowest BCUT2D eigenvalue weighted by Crippen LogP contribution is -2.38. The third-order valence-electron chi connectivity index (χ3n) is 4.56. The lowest BCUT2D eigenvalue weighted by atomic mass is 10.1. The number of carbonyl (C=O) groups excluding carboxylic acids is 1. The molecule has 6 nitrogen and oxygen atoms in total. The van der Waals surface area contributed by atoms with Crippen LogP contribution in [0.1, 0.15) is 28.4 Å². The van der Waals surface area contributed by atoms with Gasteiger partial charge >= 0.3 is 5.97 Å². The quantitative estimate of drug-likeness (QED) is 0.325. The number of nitrogens with zero attached hydrogens (tertiary/aromatic N) is 1. The molecule has 0 radical (unpaired) electrons. The molecule has 7 heteroatoms. The molecule has 3 rings (SSSR count). The molecule has 0 unspecified atom stereocenters. The number of methoxy groups -OCH3 is 1. The maximum absolute atomic E-state index is 13.5. The summed E-state index contributed by atoms with van der Waals surface area (Å²) in [6, 6.07) is 11.9. The minimum Gasteiger partial charge on any atom is -0.465 e. The van der Waals surface area contributed by atoms with Crippen molar-refractivity contribution in [3.8, 4) is 0 Å². The monoisotopic (exact) mass is 396 g/mol. The van der Waals surface area contributed by atoms with Gasteiger partial charge < -0.3 is 20.4 Å². The number of hydrogen-bond donors (Lipinski definition) is 3. The smallest absolute Gasteiger partial charge is 0.337 e. The molecule has 0 fully saturated rings. The van der Waals surface area contributed by atoms with E-state index in [1.54, 1.807) is 24.3 Å². The minimum atomic E-state index is -0.354. The maximum atomic E-state index is 13.5. The number of aliphatic imine (C=N–C) groups is 1. The Labute approximate surface area is 169 Å². The average molecular weight is 396 g/mol. The first kappa shape index (κ1) is 20.4. The second kappa shape index (κ2) is 9.73.